The number of hydrogen-bond donors (Lipinski definition) is 0. The molecule has 0 saturated heterocycles. The first-order valence-electron chi connectivity index (χ1n) is 4.74. The van der Waals surface area contributed by atoms with Crippen molar-refractivity contribution < 1.29 is 0 Å². The van der Waals surface area contributed by atoms with E-state index in [1.54, 1.807) is 6.07 Å². The number of allylic oxidation sites excluding steroid dienone is 1. The summed E-state index contributed by atoms with van der Waals surface area (Å²) in [5, 5.41) is 1.30. The zero-order valence-electron chi connectivity index (χ0n) is 8.31. The van der Waals surface area contributed by atoms with Gasteiger partial charge in [-0.25, -0.2) is 0 Å². The highest BCUT2D eigenvalue weighted by atomic mass is 35.5. The van der Waals surface area contributed by atoms with Crippen molar-refractivity contribution in [3.63, 3.8) is 0 Å². The van der Waals surface area contributed by atoms with Gasteiger partial charge in [-0.2, -0.15) is 0 Å². The van der Waals surface area contributed by atoms with E-state index in [0.29, 0.717) is 16.0 Å². The Hall–Kier alpha value is -0.170. The molecule has 3 unspecified atom stereocenters. The maximum Gasteiger partial charge on any atom is 0.0562 e. The van der Waals surface area contributed by atoms with E-state index in [-0.39, 0.29) is 10.8 Å². The average Bonchev–Trinajstić information content (AvgIpc) is 2.66. The molecule has 1 aliphatic rings. The van der Waals surface area contributed by atoms with Gasteiger partial charge in [0.1, 0.15) is 0 Å². The zero-order chi connectivity index (χ0) is 11.2. The average molecular weight is 262 g/mol. The third-order valence-electron chi connectivity index (χ3n) is 3.01. The molecule has 1 fully saturated rings. The van der Waals surface area contributed by atoms with E-state index in [1.807, 2.05) is 25.1 Å². The Morgan fingerprint density at radius 2 is 1.80 bits per heavy atom. The summed E-state index contributed by atoms with van der Waals surface area (Å²) >= 11 is 18.3. The molecule has 0 spiro atoms. The number of halogens is 3. The quantitative estimate of drug-likeness (QED) is 0.525. The van der Waals surface area contributed by atoms with Crippen LogP contribution < -0.4 is 0 Å². The van der Waals surface area contributed by atoms with Crippen LogP contribution in [0.1, 0.15) is 18.4 Å². The van der Waals surface area contributed by atoms with Crippen LogP contribution in [0.3, 0.4) is 0 Å². The molecule has 0 bridgehead atoms. The summed E-state index contributed by atoms with van der Waals surface area (Å²) in [6.45, 7) is 5.80. The van der Waals surface area contributed by atoms with Gasteiger partial charge in [0.05, 0.1) is 4.87 Å². The maximum absolute atomic E-state index is 6.36. The molecular weight excluding hydrogens is 250 g/mol. The minimum absolute atomic E-state index is 0.240. The fourth-order valence-corrected chi connectivity index (χ4v) is 3.13. The molecule has 0 N–H and O–H groups in total. The van der Waals surface area contributed by atoms with Gasteiger partial charge < -0.3 is 0 Å². The van der Waals surface area contributed by atoms with Gasteiger partial charge in [-0.1, -0.05) is 29.3 Å². The van der Waals surface area contributed by atoms with Crippen LogP contribution >= 0.6 is 34.8 Å². The molecule has 0 aliphatic heterocycles. The molecule has 1 aromatic rings. The van der Waals surface area contributed by atoms with Crippen LogP contribution in [0.15, 0.2) is 30.9 Å². The van der Waals surface area contributed by atoms with Gasteiger partial charge in [-0.05, 0) is 30.7 Å². The molecule has 0 heterocycles. The summed E-state index contributed by atoms with van der Waals surface area (Å²) in [5.41, 5.74) is 1.09. The van der Waals surface area contributed by atoms with Crippen molar-refractivity contribution in [1.29, 1.82) is 0 Å². The highest BCUT2D eigenvalue weighted by Crippen LogP contribution is 2.62. The molecule has 0 aromatic heterocycles. The summed E-state index contributed by atoms with van der Waals surface area (Å²) in [5.74, 6) is 0.571. The van der Waals surface area contributed by atoms with E-state index in [1.165, 1.54) is 0 Å². The first-order valence-corrected chi connectivity index (χ1v) is 5.87. The Balaban J connectivity index is 2.36. The van der Waals surface area contributed by atoms with Crippen molar-refractivity contribution in [3.05, 3.63) is 46.5 Å². The zero-order valence-corrected chi connectivity index (χ0v) is 10.6. The van der Waals surface area contributed by atoms with Crippen molar-refractivity contribution in [3.8, 4) is 0 Å². The number of rotatable bonds is 2. The third kappa shape index (κ3) is 1.91. The van der Waals surface area contributed by atoms with Crippen LogP contribution in [0.2, 0.25) is 10.0 Å². The summed E-state index contributed by atoms with van der Waals surface area (Å²) in [4.78, 5) is -0.240. The SMILES string of the molecule is C=CC1C(c2cc(Cl)cc(Cl)c2)C1(C)Cl. The second kappa shape index (κ2) is 3.69. The molecule has 0 nitrogen and oxygen atoms in total. The fourth-order valence-electron chi connectivity index (χ4n) is 2.17. The maximum atomic E-state index is 6.36. The van der Waals surface area contributed by atoms with Crippen LogP contribution in [0.25, 0.3) is 0 Å². The highest BCUT2D eigenvalue weighted by Gasteiger charge is 2.59. The lowest BCUT2D eigenvalue weighted by Gasteiger charge is -2.03. The molecular formula is C12H11Cl3. The minimum Gasteiger partial charge on any atom is -0.118 e. The van der Waals surface area contributed by atoms with Gasteiger partial charge >= 0.3 is 0 Å². The lowest BCUT2D eigenvalue weighted by atomic mass is 10.1. The van der Waals surface area contributed by atoms with Gasteiger partial charge in [-0.3, -0.25) is 0 Å². The largest absolute Gasteiger partial charge is 0.118 e. The van der Waals surface area contributed by atoms with Crippen molar-refractivity contribution in [2.75, 3.05) is 0 Å². The second-order valence-corrected chi connectivity index (χ2v) is 5.78. The lowest BCUT2D eigenvalue weighted by Crippen LogP contribution is -1.94. The lowest BCUT2D eigenvalue weighted by molar-refractivity contribution is 0.937. The number of benzene rings is 1. The molecule has 1 aromatic carbocycles. The normalized spacial score (nSPS) is 33.9. The van der Waals surface area contributed by atoms with Gasteiger partial charge in [0.2, 0.25) is 0 Å². The molecule has 3 atom stereocenters. The summed E-state index contributed by atoms with van der Waals surface area (Å²) in [7, 11) is 0. The predicted octanol–water partition coefficient (Wildman–Crippen LogP) is 4.89. The van der Waals surface area contributed by atoms with Crippen LogP contribution in [-0.4, -0.2) is 4.87 Å². The first-order chi connectivity index (χ1) is 6.96. The second-order valence-electron chi connectivity index (χ2n) is 4.09. The van der Waals surface area contributed by atoms with Gasteiger partial charge in [0.15, 0.2) is 0 Å². The van der Waals surface area contributed by atoms with Crippen LogP contribution in [0.4, 0.5) is 0 Å². The number of alkyl halides is 1. The van der Waals surface area contributed by atoms with E-state index in [9.17, 15) is 0 Å². The smallest absolute Gasteiger partial charge is 0.0562 e. The van der Waals surface area contributed by atoms with Gasteiger partial charge in [-0.15, -0.1) is 18.2 Å². The fraction of sp³-hybridized carbons (Fsp3) is 0.333. The van der Waals surface area contributed by atoms with Gasteiger partial charge in [0.25, 0.3) is 0 Å². The Kier molecular flexibility index (Phi) is 2.79. The Morgan fingerprint density at radius 1 is 1.27 bits per heavy atom. The number of hydrogen-bond acceptors (Lipinski definition) is 0. The Bertz CT molecular complexity index is 389. The van der Waals surface area contributed by atoms with E-state index in [0.717, 1.165) is 5.56 Å². The van der Waals surface area contributed by atoms with Crippen molar-refractivity contribution in [2.24, 2.45) is 5.92 Å². The third-order valence-corrected chi connectivity index (χ3v) is 3.93. The van der Waals surface area contributed by atoms with Crippen LogP contribution in [0.5, 0.6) is 0 Å². The van der Waals surface area contributed by atoms with E-state index < -0.39 is 0 Å². The Morgan fingerprint density at radius 3 is 2.20 bits per heavy atom. The molecule has 80 valence electrons. The minimum atomic E-state index is -0.240. The van der Waals surface area contributed by atoms with E-state index in [4.69, 9.17) is 34.8 Å². The molecule has 0 radical (unpaired) electrons. The predicted molar refractivity (Wildman–Crippen MR) is 67.1 cm³/mol. The highest BCUT2D eigenvalue weighted by molar-refractivity contribution is 6.34. The van der Waals surface area contributed by atoms with Crippen LogP contribution in [0, 0.1) is 5.92 Å². The summed E-state index contributed by atoms with van der Waals surface area (Å²) in [6.07, 6.45) is 1.90. The first kappa shape index (κ1) is 11.3. The van der Waals surface area contributed by atoms with E-state index >= 15 is 0 Å². The monoisotopic (exact) mass is 260 g/mol. The standard InChI is InChI=1S/C12H11Cl3/c1-3-10-11(12(10,2)15)7-4-8(13)6-9(14)5-7/h3-6,10-11H,1H2,2H3. The molecule has 2 rings (SSSR count). The van der Waals surface area contributed by atoms with Crippen molar-refractivity contribution in [2.45, 2.75) is 17.7 Å². The summed E-state index contributed by atoms with van der Waals surface area (Å²) in [6, 6.07) is 5.56. The molecule has 3 heteroatoms. The molecule has 0 amide bonds. The molecule has 1 aliphatic carbocycles. The van der Waals surface area contributed by atoms with Crippen molar-refractivity contribution >= 4 is 34.8 Å². The summed E-state index contributed by atoms with van der Waals surface area (Å²) < 4.78 is 0. The molecule has 1 saturated carbocycles. The van der Waals surface area contributed by atoms with Crippen LogP contribution in [-0.2, 0) is 0 Å². The van der Waals surface area contributed by atoms with Crippen molar-refractivity contribution in [1.82, 2.24) is 0 Å². The van der Waals surface area contributed by atoms with Gasteiger partial charge in [0, 0.05) is 21.9 Å². The van der Waals surface area contributed by atoms with E-state index in [2.05, 4.69) is 6.58 Å². The molecule has 15 heavy (non-hydrogen) atoms. The Labute approximate surface area is 105 Å². The topological polar surface area (TPSA) is 0 Å².